The zero-order valence-electron chi connectivity index (χ0n) is 10.9. The molecule has 0 spiro atoms. The van der Waals surface area contributed by atoms with Crippen molar-refractivity contribution in [2.24, 2.45) is 35.5 Å². The van der Waals surface area contributed by atoms with Gasteiger partial charge in [0.05, 0.1) is 26.1 Å². The first-order valence-corrected chi connectivity index (χ1v) is 6.81. The minimum absolute atomic E-state index is 0.0533. The molecule has 3 fully saturated rings. The maximum atomic E-state index is 11.8. The van der Waals surface area contributed by atoms with Gasteiger partial charge in [0.25, 0.3) is 0 Å². The van der Waals surface area contributed by atoms with Gasteiger partial charge < -0.3 is 9.47 Å². The van der Waals surface area contributed by atoms with Crippen LogP contribution >= 0.6 is 0 Å². The number of hydrogen-bond donors (Lipinski definition) is 0. The zero-order valence-corrected chi connectivity index (χ0v) is 10.9. The number of esters is 2. The Bertz CT molecular complexity index is 378. The Morgan fingerprint density at radius 1 is 0.833 bits per heavy atom. The molecule has 4 nitrogen and oxygen atoms in total. The van der Waals surface area contributed by atoms with E-state index in [0.29, 0.717) is 23.7 Å². The van der Waals surface area contributed by atoms with Crippen molar-refractivity contribution in [3.8, 4) is 0 Å². The summed E-state index contributed by atoms with van der Waals surface area (Å²) >= 11 is 0. The molecule has 0 aromatic carbocycles. The van der Waals surface area contributed by atoms with Crippen LogP contribution in [0.3, 0.4) is 0 Å². The summed E-state index contributed by atoms with van der Waals surface area (Å²) in [6.45, 7) is 0. The summed E-state index contributed by atoms with van der Waals surface area (Å²) in [5.74, 6) is 2.27. The van der Waals surface area contributed by atoms with Gasteiger partial charge >= 0.3 is 11.9 Å². The molecule has 3 saturated carbocycles. The molecule has 3 rings (SSSR count). The average Bonchev–Trinajstić information content (AvgIpc) is 3.06. The van der Waals surface area contributed by atoms with E-state index in [2.05, 4.69) is 0 Å². The van der Waals surface area contributed by atoms with Crippen molar-refractivity contribution in [3.63, 3.8) is 0 Å². The highest BCUT2D eigenvalue weighted by atomic mass is 16.5. The number of carbonyl (C=O) groups is 2. The van der Waals surface area contributed by atoms with Crippen molar-refractivity contribution in [3.05, 3.63) is 0 Å². The third-order valence-electron chi connectivity index (χ3n) is 5.51. The molecule has 0 radical (unpaired) electrons. The van der Waals surface area contributed by atoms with Crippen LogP contribution in [0.1, 0.15) is 25.7 Å². The van der Waals surface area contributed by atoms with Gasteiger partial charge in [0.2, 0.25) is 0 Å². The van der Waals surface area contributed by atoms with E-state index >= 15 is 0 Å². The summed E-state index contributed by atoms with van der Waals surface area (Å²) in [7, 11) is 2.93. The van der Waals surface area contributed by atoms with Gasteiger partial charge in [0.1, 0.15) is 0 Å². The maximum absolute atomic E-state index is 11.8. The van der Waals surface area contributed by atoms with E-state index in [9.17, 15) is 9.59 Å². The number of rotatable bonds is 2. The molecule has 0 saturated heterocycles. The fraction of sp³-hybridized carbons (Fsp3) is 0.857. The van der Waals surface area contributed by atoms with E-state index in [1.165, 1.54) is 14.2 Å². The second-order valence-electron chi connectivity index (χ2n) is 6.04. The van der Waals surface area contributed by atoms with Crippen molar-refractivity contribution in [1.29, 1.82) is 0 Å². The first-order chi connectivity index (χ1) is 8.65. The molecule has 0 aliphatic heterocycles. The molecule has 2 bridgehead atoms. The molecule has 0 unspecified atom stereocenters. The van der Waals surface area contributed by atoms with Gasteiger partial charge in [-0.15, -0.1) is 0 Å². The molecule has 18 heavy (non-hydrogen) atoms. The van der Waals surface area contributed by atoms with Crippen LogP contribution in [-0.4, -0.2) is 26.2 Å². The van der Waals surface area contributed by atoms with E-state index in [4.69, 9.17) is 9.47 Å². The second kappa shape index (κ2) is 4.25. The SMILES string of the molecule is COC(=O)[C@@H]1C[C@@H]2[C@H](C1)[C@@H]1C[C@@H]2[C@H](C(=O)OC)C1. The fourth-order valence-corrected chi connectivity index (χ4v) is 4.85. The van der Waals surface area contributed by atoms with Crippen LogP contribution in [0.15, 0.2) is 0 Å². The van der Waals surface area contributed by atoms with Crippen LogP contribution in [0.2, 0.25) is 0 Å². The van der Waals surface area contributed by atoms with Crippen molar-refractivity contribution in [2.45, 2.75) is 25.7 Å². The van der Waals surface area contributed by atoms with Gasteiger partial charge in [-0.1, -0.05) is 0 Å². The van der Waals surface area contributed by atoms with E-state index in [1.807, 2.05) is 0 Å². The summed E-state index contributed by atoms with van der Waals surface area (Å²) in [6, 6.07) is 0. The second-order valence-corrected chi connectivity index (χ2v) is 6.04. The van der Waals surface area contributed by atoms with Gasteiger partial charge in [-0.25, -0.2) is 0 Å². The normalized spacial score (nSPS) is 44.8. The Kier molecular flexibility index (Phi) is 2.83. The Hall–Kier alpha value is -1.06. The minimum Gasteiger partial charge on any atom is -0.469 e. The topological polar surface area (TPSA) is 52.6 Å². The molecule has 3 aliphatic rings. The molecular formula is C14H20O4. The molecule has 6 atom stereocenters. The monoisotopic (exact) mass is 252 g/mol. The number of fused-ring (bicyclic) bond motifs is 5. The summed E-state index contributed by atoms with van der Waals surface area (Å²) in [4.78, 5) is 23.4. The lowest BCUT2D eigenvalue weighted by molar-refractivity contribution is -0.148. The van der Waals surface area contributed by atoms with Crippen LogP contribution in [-0.2, 0) is 19.1 Å². The lowest BCUT2D eigenvalue weighted by atomic mass is 9.76. The van der Waals surface area contributed by atoms with Crippen molar-refractivity contribution in [2.75, 3.05) is 14.2 Å². The average molecular weight is 252 g/mol. The Labute approximate surface area is 107 Å². The lowest BCUT2D eigenvalue weighted by Gasteiger charge is -2.29. The molecule has 3 aliphatic carbocycles. The number of hydrogen-bond acceptors (Lipinski definition) is 4. The van der Waals surface area contributed by atoms with Crippen LogP contribution < -0.4 is 0 Å². The molecule has 0 aromatic rings. The molecular weight excluding hydrogens is 232 g/mol. The number of methoxy groups -OCH3 is 2. The quantitative estimate of drug-likeness (QED) is 0.701. The van der Waals surface area contributed by atoms with E-state index in [-0.39, 0.29) is 23.8 Å². The molecule has 100 valence electrons. The van der Waals surface area contributed by atoms with Gasteiger partial charge in [-0.2, -0.15) is 0 Å². The summed E-state index contributed by atoms with van der Waals surface area (Å²) in [5, 5.41) is 0. The molecule has 0 amide bonds. The predicted octanol–water partition coefficient (Wildman–Crippen LogP) is 1.63. The summed E-state index contributed by atoms with van der Waals surface area (Å²) < 4.78 is 9.76. The first-order valence-electron chi connectivity index (χ1n) is 6.81. The minimum atomic E-state index is -0.0709. The first kappa shape index (κ1) is 12.0. The van der Waals surface area contributed by atoms with Crippen LogP contribution in [0.4, 0.5) is 0 Å². The van der Waals surface area contributed by atoms with Gasteiger partial charge in [0.15, 0.2) is 0 Å². The van der Waals surface area contributed by atoms with Gasteiger partial charge in [-0.05, 0) is 49.4 Å². The van der Waals surface area contributed by atoms with E-state index in [0.717, 1.165) is 25.7 Å². The Morgan fingerprint density at radius 3 is 2.17 bits per heavy atom. The Balaban J connectivity index is 1.72. The van der Waals surface area contributed by atoms with Gasteiger partial charge in [-0.3, -0.25) is 9.59 Å². The maximum Gasteiger partial charge on any atom is 0.308 e. The molecule has 4 heteroatoms. The molecule has 0 aromatic heterocycles. The van der Waals surface area contributed by atoms with Crippen molar-refractivity contribution >= 4 is 11.9 Å². The smallest absolute Gasteiger partial charge is 0.308 e. The fourth-order valence-electron chi connectivity index (χ4n) is 4.85. The third-order valence-corrected chi connectivity index (χ3v) is 5.51. The number of carbonyl (C=O) groups excluding carboxylic acids is 2. The zero-order chi connectivity index (χ0) is 12.9. The van der Waals surface area contributed by atoms with E-state index < -0.39 is 0 Å². The summed E-state index contributed by atoms with van der Waals surface area (Å²) in [6.07, 6.45) is 3.99. The standard InChI is InChI=1S/C14H20O4/c1-17-13(15)8-5-9-7-3-11(10(9)6-8)12(4-7)14(16)18-2/h7-12H,3-6H2,1-2H3/t7-,8+,9-,10-,11+,12-/m1/s1. The van der Waals surface area contributed by atoms with Crippen molar-refractivity contribution < 1.29 is 19.1 Å². The van der Waals surface area contributed by atoms with Crippen LogP contribution in [0.25, 0.3) is 0 Å². The Morgan fingerprint density at radius 2 is 1.50 bits per heavy atom. The highest BCUT2D eigenvalue weighted by Crippen LogP contribution is 2.62. The van der Waals surface area contributed by atoms with E-state index in [1.54, 1.807) is 0 Å². The lowest BCUT2D eigenvalue weighted by Crippen LogP contribution is -2.30. The summed E-state index contributed by atoms with van der Waals surface area (Å²) in [5.41, 5.74) is 0. The highest BCUT2D eigenvalue weighted by molar-refractivity contribution is 5.74. The van der Waals surface area contributed by atoms with Crippen LogP contribution in [0.5, 0.6) is 0 Å². The third kappa shape index (κ3) is 1.57. The largest absolute Gasteiger partial charge is 0.469 e. The van der Waals surface area contributed by atoms with Crippen LogP contribution in [0, 0.1) is 35.5 Å². The molecule has 0 N–H and O–H groups in total. The highest BCUT2D eigenvalue weighted by Gasteiger charge is 2.58. The van der Waals surface area contributed by atoms with Gasteiger partial charge in [0, 0.05) is 0 Å². The predicted molar refractivity (Wildman–Crippen MR) is 63.4 cm³/mol. The number of ether oxygens (including phenoxy) is 2. The van der Waals surface area contributed by atoms with Crippen molar-refractivity contribution in [1.82, 2.24) is 0 Å². The molecule has 0 heterocycles.